The standard InChI is InChI=1S/C18H16N4O3/c1-11(23-15-9-5-7-13-6-3-4-8-14(13)15)18-20-17(22-25-18)10-16-19-12(2)24-21-16/h3-9,11H,10H2,1-2H3/t11-/m0/s1. The summed E-state index contributed by atoms with van der Waals surface area (Å²) in [6, 6.07) is 14.0. The highest BCUT2D eigenvalue weighted by molar-refractivity contribution is 5.88. The lowest BCUT2D eigenvalue weighted by Crippen LogP contribution is -2.04. The van der Waals surface area contributed by atoms with E-state index in [1.54, 1.807) is 6.92 Å². The highest BCUT2D eigenvalue weighted by atomic mass is 16.5. The second-order valence-corrected chi connectivity index (χ2v) is 5.69. The van der Waals surface area contributed by atoms with Gasteiger partial charge in [0.05, 0.1) is 6.42 Å². The molecule has 4 aromatic rings. The van der Waals surface area contributed by atoms with E-state index in [9.17, 15) is 0 Å². The molecular weight excluding hydrogens is 320 g/mol. The Balaban J connectivity index is 1.52. The van der Waals surface area contributed by atoms with Crippen LogP contribution in [0.5, 0.6) is 5.75 Å². The third kappa shape index (κ3) is 3.21. The van der Waals surface area contributed by atoms with Crippen molar-refractivity contribution < 1.29 is 13.8 Å². The summed E-state index contributed by atoms with van der Waals surface area (Å²) in [6.07, 6.45) is -0.0268. The zero-order chi connectivity index (χ0) is 17.2. The summed E-state index contributed by atoms with van der Waals surface area (Å²) in [4.78, 5) is 8.50. The first-order chi connectivity index (χ1) is 12.2. The number of aromatic nitrogens is 4. The molecule has 7 nitrogen and oxygen atoms in total. The first-order valence-electron chi connectivity index (χ1n) is 7.95. The van der Waals surface area contributed by atoms with Crippen molar-refractivity contribution in [3.05, 3.63) is 65.9 Å². The van der Waals surface area contributed by atoms with Gasteiger partial charge in [0.25, 0.3) is 5.89 Å². The maximum atomic E-state index is 6.04. The van der Waals surface area contributed by atoms with Crippen molar-refractivity contribution in [3.8, 4) is 5.75 Å². The molecule has 2 heterocycles. The highest BCUT2D eigenvalue weighted by Gasteiger charge is 2.18. The normalized spacial score (nSPS) is 12.4. The Morgan fingerprint density at radius 3 is 2.56 bits per heavy atom. The summed E-state index contributed by atoms with van der Waals surface area (Å²) < 4.78 is 16.3. The second-order valence-electron chi connectivity index (χ2n) is 5.69. The van der Waals surface area contributed by atoms with Crippen molar-refractivity contribution >= 4 is 10.8 Å². The van der Waals surface area contributed by atoms with E-state index in [4.69, 9.17) is 13.8 Å². The monoisotopic (exact) mass is 336 g/mol. The second kappa shape index (κ2) is 6.35. The van der Waals surface area contributed by atoms with Crippen LogP contribution in [0.15, 0.2) is 51.5 Å². The molecule has 0 unspecified atom stereocenters. The fourth-order valence-electron chi connectivity index (χ4n) is 2.60. The molecule has 0 fully saturated rings. The van der Waals surface area contributed by atoms with Crippen LogP contribution in [0.2, 0.25) is 0 Å². The van der Waals surface area contributed by atoms with Gasteiger partial charge >= 0.3 is 0 Å². The van der Waals surface area contributed by atoms with Gasteiger partial charge in [-0.2, -0.15) is 9.97 Å². The minimum Gasteiger partial charge on any atom is -0.480 e. The SMILES string of the molecule is Cc1nc(Cc2noc([C@H](C)Oc3cccc4ccccc34)n2)no1. The quantitative estimate of drug-likeness (QED) is 0.550. The molecule has 4 rings (SSSR count). The molecule has 7 heteroatoms. The largest absolute Gasteiger partial charge is 0.480 e. The zero-order valence-corrected chi connectivity index (χ0v) is 13.8. The van der Waals surface area contributed by atoms with Crippen molar-refractivity contribution in [2.75, 3.05) is 0 Å². The van der Waals surface area contributed by atoms with E-state index in [0.717, 1.165) is 16.5 Å². The Hall–Kier alpha value is -3.22. The summed E-state index contributed by atoms with van der Waals surface area (Å²) in [6.45, 7) is 3.61. The van der Waals surface area contributed by atoms with Gasteiger partial charge in [-0.25, -0.2) is 0 Å². The molecule has 0 saturated heterocycles. The number of ether oxygens (including phenoxy) is 1. The van der Waals surface area contributed by atoms with Gasteiger partial charge in [-0.05, 0) is 18.4 Å². The molecule has 2 aromatic carbocycles. The molecule has 25 heavy (non-hydrogen) atoms. The number of aryl methyl sites for hydroxylation is 1. The van der Waals surface area contributed by atoms with Crippen LogP contribution in [0.25, 0.3) is 10.8 Å². The number of hydrogen-bond donors (Lipinski definition) is 0. The minimum atomic E-state index is -0.376. The molecule has 0 amide bonds. The molecule has 0 bridgehead atoms. The van der Waals surface area contributed by atoms with E-state index >= 15 is 0 Å². The van der Waals surface area contributed by atoms with Crippen molar-refractivity contribution in [1.29, 1.82) is 0 Å². The van der Waals surface area contributed by atoms with Gasteiger partial charge in [-0.3, -0.25) is 0 Å². The van der Waals surface area contributed by atoms with Gasteiger partial charge in [0.2, 0.25) is 5.89 Å². The Morgan fingerprint density at radius 2 is 1.72 bits per heavy atom. The smallest absolute Gasteiger partial charge is 0.267 e. The van der Waals surface area contributed by atoms with Crippen LogP contribution in [0.4, 0.5) is 0 Å². The predicted octanol–water partition coefficient (Wildman–Crippen LogP) is 3.65. The molecule has 0 radical (unpaired) electrons. The lowest BCUT2D eigenvalue weighted by atomic mass is 10.1. The van der Waals surface area contributed by atoms with Gasteiger partial charge in [0.15, 0.2) is 17.8 Å². The van der Waals surface area contributed by atoms with Crippen LogP contribution in [0, 0.1) is 6.92 Å². The number of fused-ring (bicyclic) bond motifs is 1. The predicted molar refractivity (Wildman–Crippen MR) is 89.1 cm³/mol. The van der Waals surface area contributed by atoms with E-state index in [2.05, 4.69) is 20.3 Å². The van der Waals surface area contributed by atoms with Crippen molar-refractivity contribution in [2.45, 2.75) is 26.4 Å². The van der Waals surface area contributed by atoms with Gasteiger partial charge in [0, 0.05) is 12.3 Å². The van der Waals surface area contributed by atoms with Crippen molar-refractivity contribution in [1.82, 2.24) is 20.3 Å². The minimum absolute atomic E-state index is 0.349. The number of benzene rings is 2. The fraction of sp³-hybridized carbons (Fsp3) is 0.222. The topological polar surface area (TPSA) is 87.1 Å². The summed E-state index contributed by atoms with van der Waals surface area (Å²) in [5, 5.41) is 9.94. The van der Waals surface area contributed by atoms with Crippen molar-refractivity contribution in [2.24, 2.45) is 0 Å². The van der Waals surface area contributed by atoms with Gasteiger partial charge < -0.3 is 13.8 Å². The summed E-state index contributed by atoms with van der Waals surface area (Å²) >= 11 is 0. The molecule has 0 aliphatic rings. The van der Waals surface area contributed by atoms with Crippen LogP contribution in [-0.4, -0.2) is 20.3 Å². The molecule has 0 aliphatic carbocycles. The van der Waals surface area contributed by atoms with Crippen LogP contribution < -0.4 is 4.74 Å². The third-order valence-electron chi connectivity index (χ3n) is 3.77. The van der Waals surface area contributed by atoms with Gasteiger partial charge in [-0.15, -0.1) is 0 Å². The Morgan fingerprint density at radius 1 is 0.960 bits per heavy atom. The molecule has 2 aromatic heterocycles. The molecule has 0 saturated carbocycles. The number of hydrogen-bond acceptors (Lipinski definition) is 7. The highest BCUT2D eigenvalue weighted by Crippen LogP contribution is 2.29. The molecule has 0 spiro atoms. The van der Waals surface area contributed by atoms with Crippen LogP contribution in [0.3, 0.4) is 0 Å². The van der Waals surface area contributed by atoms with Gasteiger partial charge in [0.1, 0.15) is 5.75 Å². The molecular formula is C18H16N4O3. The van der Waals surface area contributed by atoms with Gasteiger partial charge in [-0.1, -0.05) is 46.7 Å². The Labute approximate surface area is 143 Å². The van der Waals surface area contributed by atoms with E-state index in [-0.39, 0.29) is 6.10 Å². The Kier molecular flexibility index (Phi) is 3.89. The lowest BCUT2D eigenvalue weighted by molar-refractivity contribution is 0.178. The maximum Gasteiger partial charge on any atom is 0.267 e. The molecule has 126 valence electrons. The third-order valence-corrected chi connectivity index (χ3v) is 3.77. The first kappa shape index (κ1) is 15.3. The van der Waals surface area contributed by atoms with E-state index in [1.807, 2.05) is 49.4 Å². The number of nitrogens with zero attached hydrogens (tertiary/aromatic N) is 4. The summed E-state index contributed by atoms with van der Waals surface area (Å²) in [5.74, 6) is 2.70. The first-order valence-corrected chi connectivity index (χ1v) is 7.95. The van der Waals surface area contributed by atoms with Crippen molar-refractivity contribution in [3.63, 3.8) is 0 Å². The number of rotatable bonds is 5. The molecule has 1 atom stereocenters. The van der Waals surface area contributed by atoms with Crippen LogP contribution in [-0.2, 0) is 6.42 Å². The lowest BCUT2D eigenvalue weighted by Gasteiger charge is -2.12. The van der Waals surface area contributed by atoms with E-state index in [1.165, 1.54) is 0 Å². The summed E-state index contributed by atoms with van der Waals surface area (Å²) in [5.41, 5.74) is 0. The average molecular weight is 336 g/mol. The molecule has 0 aliphatic heterocycles. The molecule has 0 N–H and O–H groups in total. The van der Waals surface area contributed by atoms with E-state index in [0.29, 0.717) is 29.9 Å². The fourth-order valence-corrected chi connectivity index (χ4v) is 2.60. The van der Waals surface area contributed by atoms with Crippen LogP contribution in [0.1, 0.15) is 36.5 Å². The summed E-state index contributed by atoms with van der Waals surface area (Å²) in [7, 11) is 0. The maximum absolute atomic E-state index is 6.04. The average Bonchev–Trinajstić information content (AvgIpc) is 3.25. The van der Waals surface area contributed by atoms with E-state index < -0.39 is 0 Å². The zero-order valence-electron chi connectivity index (χ0n) is 13.8. The Bertz CT molecular complexity index is 1000. The van der Waals surface area contributed by atoms with Crippen LogP contribution >= 0.6 is 0 Å².